The Morgan fingerprint density at radius 1 is 1.00 bits per heavy atom. The highest BCUT2D eigenvalue weighted by atomic mass is 14.7. The molecule has 0 aliphatic heterocycles. The summed E-state index contributed by atoms with van der Waals surface area (Å²) in [4.78, 5) is 0. The lowest BCUT2D eigenvalue weighted by atomic mass is 9.74. The van der Waals surface area contributed by atoms with E-state index in [9.17, 15) is 0 Å². The molecule has 1 aliphatic carbocycles. The van der Waals surface area contributed by atoms with E-state index in [1.165, 1.54) is 32.1 Å². The van der Waals surface area contributed by atoms with Crippen LogP contribution in [0.25, 0.3) is 0 Å². The van der Waals surface area contributed by atoms with E-state index in [1.54, 1.807) is 0 Å². The zero-order valence-electron chi connectivity index (χ0n) is 8.60. The van der Waals surface area contributed by atoms with Gasteiger partial charge in [0.1, 0.15) is 0 Å². The SMILES string of the molecule is CC.NCC1(CN)CCCCC1.[HH].[HH]. The zero-order chi connectivity index (χ0) is 9.45. The third-order valence-electron chi connectivity index (χ3n) is 2.78. The standard InChI is InChI=1S/C8H18N2.C2H6.2H2/c9-6-8(7-10)4-2-1-3-5-8;1-2;;/h1-7,9-10H2;1-2H3;2*1H. The molecule has 12 heavy (non-hydrogen) atoms. The van der Waals surface area contributed by atoms with E-state index in [4.69, 9.17) is 11.5 Å². The first-order valence-corrected chi connectivity index (χ1v) is 5.23. The predicted octanol–water partition coefficient (Wildman–Crippen LogP) is 2.37. The normalized spacial score (nSPS) is 21.0. The second-order valence-corrected chi connectivity index (χ2v) is 3.47. The Labute approximate surface area is 79.7 Å². The summed E-state index contributed by atoms with van der Waals surface area (Å²) in [6, 6.07) is 0. The lowest BCUT2D eigenvalue weighted by molar-refractivity contribution is 0.208. The van der Waals surface area contributed by atoms with Crippen molar-refractivity contribution in [3.63, 3.8) is 0 Å². The third-order valence-corrected chi connectivity index (χ3v) is 2.78. The van der Waals surface area contributed by atoms with Crippen molar-refractivity contribution in [3.05, 3.63) is 0 Å². The van der Waals surface area contributed by atoms with Gasteiger partial charge >= 0.3 is 0 Å². The van der Waals surface area contributed by atoms with Crippen LogP contribution in [0.1, 0.15) is 48.8 Å². The monoisotopic (exact) mass is 176 g/mol. The van der Waals surface area contributed by atoms with E-state index in [-0.39, 0.29) is 2.85 Å². The van der Waals surface area contributed by atoms with Gasteiger partial charge in [-0.3, -0.25) is 0 Å². The average Bonchev–Trinajstić information content (AvgIpc) is 2.22. The highest BCUT2D eigenvalue weighted by Gasteiger charge is 2.28. The Morgan fingerprint density at radius 3 is 1.67 bits per heavy atom. The molecule has 2 nitrogen and oxygen atoms in total. The number of hydrogen-bond acceptors (Lipinski definition) is 2. The molecule has 1 fully saturated rings. The summed E-state index contributed by atoms with van der Waals surface area (Å²) < 4.78 is 0. The van der Waals surface area contributed by atoms with Crippen molar-refractivity contribution in [2.45, 2.75) is 46.0 Å². The van der Waals surface area contributed by atoms with Crippen molar-refractivity contribution in [1.82, 2.24) is 0 Å². The molecule has 4 N–H and O–H groups in total. The Kier molecular flexibility index (Phi) is 6.39. The highest BCUT2D eigenvalue weighted by molar-refractivity contribution is 4.84. The van der Waals surface area contributed by atoms with Gasteiger partial charge in [0, 0.05) is 2.85 Å². The van der Waals surface area contributed by atoms with E-state index in [2.05, 4.69) is 0 Å². The van der Waals surface area contributed by atoms with Crippen molar-refractivity contribution < 1.29 is 2.85 Å². The molecule has 0 saturated heterocycles. The van der Waals surface area contributed by atoms with Crippen LogP contribution >= 0.6 is 0 Å². The largest absolute Gasteiger partial charge is 0.330 e. The molecular formula is C10H28N2. The van der Waals surface area contributed by atoms with Crippen molar-refractivity contribution in [1.29, 1.82) is 0 Å². The van der Waals surface area contributed by atoms with E-state index in [1.807, 2.05) is 13.8 Å². The minimum absolute atomic E-state index is 0. The van der Waals surface area contributed by atoms with Crippen LogP contribution in [0.2, 0.25) is 0 Å². The molecule has 0 aromatic rings. The second kappa shape index (κ2) is 6.44. The Balaban J connectivity index is -0.000000284. The van der Waals surface area contributed by atoms with Crippen LogP contribution in [0.15, 0.2) is 0 Å². The molecule has 1 rings (SSSR count). The van der Waals surface area contributed by atoms with Crippen molar-refractivity contribution in [3.8, 4) is 0 Å². The summed E-state index contributed by atoms with van der Waals surface area (Å²) in [5.41, 5.74) is 11.7. The lowest BCUT2D eigenvalue weighted by Crippen LogP contribution is -2.39. The van der Waals surface area contributed by atoms with Crippen molar-refractivity contribution in [2.24, 2.45) is 16.9 Å². The number of nitrogens with two attached hydrogens (primary N) is 2. The molecule has 0 unspecified atom stereocenters. The van der Waals surface area contributed by atoms with Crippen LogP contribution in [-0.2, 0) is 0 Å². The Bertz CT molecular complexity index is 98.3. The van der Waals surface area contributed by atoms with Crippen LogP contribution in [0.3, 0.4) is 0 Å². The first kappa shape index (κ1) is 11.9. The van der Waals surface area contributed by atoms with Crippen LogP contribution in [0, 0.1) is 5.41 Å². The van der Waals surface area contributed by atoms with Crippen LogP contribution in [-0.4, -0.2) is 13.1 Å². The van der Waals surface area contributed by atoms with Crippen molar-refractivity contribution in [2.75, 3.05) is 13.1 Å². The van der Waals surface area contributed by atoms with Gasteiger partial charge in [0.05, 0.1) is 0 Å². The molecule has 0 radical (unpaired) electrons. The lowest BCUT2D eigenvalue weighted by Gasteiger charge is -2.34. The molecule has 0 aromatic carbocycles. The van der Waals surface area contributed by atoms with Gasteiger partial charge in [0.25, 0.3) is 0 Å². The van der Waals surface area contributed by atoms with Gasteiger partial charge in [0.15, 0.2) is 0 Å². The molecule has 78 valence electrons. The van der Waals surface area contributed by atoms with Gasteiger partial charge in [-0.25, -0.2) is 0 Å². The van der Waals surface area contributed by atoms with Gasteiger partial charge < -0.3 is 11.5 Å². The fourth-order valence-electron chi connectivity index (χ4n) is 1.79. The van der Waals surface area contributed by atoms with Crippen molar-refractivity contribution >= 4 is 0 Å². The summed E-state index contributed by atoms with van der Waals surface area (Å²) in [6.45, 7) is 5.56. The quantitative estimate of drug-likeness (QED) is 0.678. The van der Waals surface area contributed by atoms with Gasteiger partial charge in [-0.15, -0.1) is 0 Å². The summed E-state index contributed by atoms with van der Waals surface area (Å²) in [5.74, 6) is 0. The molecule has 0 amide bonds. The molecule has 1 saturated carbocycles. The van der Waals surface area contributed by atoms with Gasteiger partial charge in [-0.2, -0.15) is 0 Å². The molecular weight excluding hydrogens is 148 g/mol. The average molecular weight is 176 g/mol. The van der Waals surface area contributed by atoms with Gasteiger partial charge in [0.2, 0.25) is 0 Å². The highest BCUT2D eigenvalue weighted by Crippen LogP contribution is 2.33. The Hall–Kier alpha value is -0.0800. The number of hydrogen-bond donors (Lipinski definition) is 2. The van der Waals surface area contributed by atoms with E-state index in [0.717, 1.165) is 13.1 Å². The molecule has 0 atom stereocenters. The summed E-state index contributed by atoms with van der Waals surface area (Å²) in [6.07, 6.45) is 6.53. The molecule has 2 heteroatoms. The third kappa shape index (κ3) is 3.11. The van der Waals surface area contributed by atoms with E-state index in [0.29, 0.717) is 5.41 Å². The summed E-state index contributed by atoms with van der Waals surface area (Å²) in [5, 5.41) is 0. The fraction of sp³-hybridized carbons (Fsp3) is 1.00. The second-order valence-electron chi connectivity index (χ2n) is 3.47. The van der Waals surface area contributed by atoms with Crippen LogP contribution in [0.5, 0.6) is 0 Å². The molecule has 1 aliphatic rings. The Morgan fingerprint density at radius 2 is 1.42 bits per heavy atom. The summed E-state index contributed by atoms with van der Waals surface area (Å²) in [7, 11) is 0. The zero-order valence-corrected chi connectivity index (χ0v) is 8.60. The molecule has 0 bridgehead atoms. The maximum atomic E-state index is 5.67. The first-order valence-electron chi connectivity index (χ1n) is 5.23. The predicted molar refractivity (Wildman–Crippen MR) is 59.2 cm³/mol. The first-order chi connectivity index (χ1) is 5.83. The smallest absolute Gasteiger partial charge is 0 e. The maximum Gasteiger partial charge on any atom is 0 e. The molecule has 0 heterocycles. The molecule has 0 aromatic heterocycles. The van der Waals surface area contributed by atoms with E-state index < -0.39 is 0 Å². The van der Waals surface area contributed by atoms with Crippen LogP contribution < -0.4 is 11.5 Å². The maximum absolute atomic E-state index is 5.67. The van der Waals surface area contributed by atoms with E-state index >= 15 is 0 Å². The van der Waals surface area contributed by atoms with Crippen LogP contribution in [0.4, 0.5) is 0 Å². The number of rotatable bonds is 2. The summed E-state index contributed by atoms with van der Waals surface area (Å²) >= 11 is 0. The minimum atomic E-state index is 0. The minimum Gasteiger partial charge on any atom is -0.330 e. The van der Waals surface area contributed by atoms with Gasteiger partial charge in [-0.05, 0) is 31.3 Å². The topological polar surface area (TPSA) is 52.0 Å². The van der Waals surface area contributed by atoms with Gasteiger partial charge in [-0.1, -0.05) is 33.1 Å². The fourth-order valence-corrected chi connectivity index (χ4v) is 1.79. The molecule has 0 spiro atoms.